The Labute approximate surface area is 129 Å². The van der Waals surface area contributed by atoms with E-state index in [2.05, 4.69) is 67.0 Å². The Kier molecular flexibility index (Phi) is 5.59. The molecule has 1 aromatic rings. The van der Waals surface area contributed by atoms with Crippen molar-refractivity contribution < 1.29 is 0 Å². The molecule has 0 aromatic carbocycles. The molecule has 3 atom stereocenters. The fraction of sp³-hybridized carbons (Fsp3) is 0.706. The van der Waals surface area contributed by atoms with E-state index in [4.69, 9.17) is 0 Å². The van der Waals surface area contributed by atoms with Gasteiger partial charge >= 0.3 is 0 Å². The Hall–Kier alpha value is -1.13. The van der Waals surface area contributed by atoms with Gasteiger partial charge in [0.15, 0.2) is 0 Å². The van der Waals surface area contributed by atoms with Gasteiger partial charge < -0.3 is 10.2 Å². The molecule has 1 saturated heterocycles. The smallest absolute Gasteiger partial charge is 0.128 e. The van der Waals surface area contributed by atoms with Gasteiger partial charge in [-0.2, -0.15) is 0 Å². The van der Waals surface area contributed by atoms with Gasteiger partial charge in [0.2, 0.25) is 0 Å². The van der Waals surface area contributed by atoms with Gasteiger partial charge in [-0.1, -0.05) is 6.92 Å². The van der Waals surface area contributed by atoms with Crippen LogP contribution in [0.5, 0.6) is 0 Å². The van der Waals surface area contributed by atoms with Crippen LogP contribution in [-0.2, 0) is 0 Å². The SMILES string of the molecule is CCCNC(C)c1ccnc(N2CC(C)N(C)C(C)C2)c1. The fourth-order valence-electron chi connectivity index (χ4n) is 2.95. The first-order valence-corrected chi connectivity index (χ1v) is 8.19. The van der Waals surface area contributed by atoms with E-state index in [0.29, 0.717) is 18.1 Å². The lowest BCUT2D eigenvalue weighted by Gasteiger charge is -2.43. The van der Waals surface area contributed by atoms with Crippen molar-refractivity contribution in [3.05, 3.63) is 23.9 Å². The van der Waals surface area contributed by atoms with E-state index in [0.717, 1.165) is 31.9 Å². The largest absolute Gasteiger partial charge is 0.353 e. The maximum Gasteiger partial charge on any atom is 0.128 e. The summed E-state index contributed by atoms with van der Waals surface area (Å²) in [5, 5.41) is 3.55. The average Bonchev–Trinajstić information content (AvgIpc) is 2.49. The maximum atomic E-state index is 4.60. The van der Waals surface area contributed by atoms with Crippen LogP contribution in [0.1, 0.15) is 45.7 Å². The van der Waals surface area contributed by atoms with Gasteiger partial charge in [0.25, 0.3) is 0 Å². The quantitative estimate of drug-likeness (QED) is 0.903. The van der Waals surface area contributed by atoms with Crippen LogP contribution in [0.15, 0.2) is 18.3 Å². The number of piperazine rings is 1. The van der Waals surface area contributed by atoms with Crippen LogP contribution < -0.4 is 10.2 Å². The molecule has 0 spiro atoms. The van der Waals surface area contributed by atoms with Crippen LogP contribution in [0.2, 0.25) is 0 Å². The Morgan fingerprint density at radius 3 is 2.62 bits per heavy atom. The Bertz CT molecular complexity index is 436. The molecule has 3 unspecified atom stereocenters. The number of rotatable bonds is 5. The second-order valence-corrected chi connectivity index (χ2v) is 6.39. The molecule has 2 heterocycles. The highest BCUT2D eigenvalue weighted by molar-refractivity contribution is 5.43. The molecule has 1 aliphatic heterocycles. The minimum atomic E-state index is 0.383. The highest BCUT2D eigenvalue weighted by Gasteiger charge is 2.27. The van der Waals surface area contributed by atoms with Crippen molar-refractivity contribution >= 4 is 5.82 Å². The number of likely N-dealkylation sites (N-methyl/N-ethyl adjacent to an activating group) is 1. The Morgan fingerprint density at radius 1 is 1.33 bits per heavy atom. The van der Waals surface area contributed by atoms with Crippen LogP contribution in [-0.4, -0.2) is 48.6 Å². The van der Waals surface area contributed by atoms with Gasteiger partial charge in [0.1, 0.15) is 5.82 Å². The van der Waals surface area contributed by atoms with E-state index >= 15 is 0 Å². The molecule has 0 amide bonds. The predicted octanol–water partition coefficient (Wildman–Crippen LogP) is 2.67. The van der Waals surface area contributed by atoms with Crippen LogP contribution in [0.3, 0.4) is 0 Å². The molecular formula is C17H30N4. The van der Waals surface area contributed by atoms with Gasteiger partial charge in [-0.05, 0) is 58.5 Å². The molecule has 2 rings (SSSR count). The van der Waals surface area contributed by atoms with Crippen molar-refractivity contribution in [1.29, 1.82) is 0 Å². The molecular weight excluding hydrogens is 260 g/mol. The molecule has 21 heavy (non-hydrogen) atoms. The molecule has 0 saturated carbocycles. The summed E-state index contributed by atoms with van der Waals surface area (Å²) in [6.45, 7) is 12.2. The van der Waals surface area contributed by atoms with Crippen molar-refractivity contribution in [3.8, 4) is 0 Å². The number of nitrogens with one attached hydrogen (secondary N) is 1. The molecule has 0 aliphatic carbocycles. The third kappa shape index (κ3) is 3.95. The first-order valence-electron chi connectivity index (χ1n) is 8.19. The number of hydrogen-bond donors (Lipinski definition) is 1. The summed E-state index contributed by atoms with van der Waals surface area (Å²) in [5.41, 5.74) is 1.33. The average molecular weight is 290 g/mol. The van der Waals surface area contributed by atoms with E-state index in [9.17, 15) is 0 Å². The third-order valence-corrected chi connectivity index (χ3v) is 4.65. The van der Waals surface area contributed by atoms with Gasteiger partial charge in [0, 0.05) is 37.4 Å². The first-order chi connectivity index (χ1) is 10.0. The fourth-order valence-corrected chi connectivity index (χ4v) is 2.95. The van der Waals surface area contributed by atoms with Crippen LogP contribution in [0.25, 0.3) is 0 Å². The molecule has 0 radical (unpaired) electrons. The number of anilines is 1. The van der Waals surface area contributed by atoms with Gasteiger partial charge in [-0.25, -0.2) is 4.98 Å². The maximum absolute atomic E-state index is 4.60. The molecule has 1 N–H and O–H groups in total. The topological polar surface area (TPSA) is 31.4 Å². The van der Waals surface area contributed by atoms with Gasteiger partial charge in [-0.3, -0.25) is 4.90 Å². The van der Waals surface area contributed by atoms with E-state index in [1.807, 2.05) is 6.20 Å². The first kappa shape index (κ1) is 16.2. The van der Waals surface area contributed by atoms with Crippen LogP contribution in [0, 0.1) is 0 Å². The minimum Gasteiger partial charge on any atom is -0.353 e. The zero-order valence-corrected chi connectivity index (χ0v) is 14.1. The summed E-state index contributed by atoms with van der Waals surface area (Å²) < 4.78 is 0. The Morgan fingerprint density at radius 2 is 2.00 bits per heavy atom. The van der Waals surface area contributed by atoms with Crippen molar-refractivity contribution in [1.82, 2.24) is 15.2 Å². The highest BCUT2D eigenvalue weighted by Crippen LogP contribution is 2.22. The van der Waals surface area contributed by atoms with Gasteiger partial charge in [0.05, 0.1) is 0 Å². The van der Waals surface area contributed by atoms with Crippen LogP contribution >= 0.6 is 0 Å². The van der Waals surface area contributed by atoms with Crippen molar-refractivity contribution in [2.75, 3.05) is 31.6 Å². The lowest BCUT2D eigenvalue weighted by atomic mass is 10.1. The number of aromatic nitrogens is 1. The summed E-state index contributed by atoms with van der Waals surface area (Å²) >= 11 is 0. The number of hydrogen-bond acceptors (Lipinski definition) is 4. The van der Waals surface area contributed by atoms with E-state index < -0.39 is 0 Å². The number of pyridine rings is 1. The predicted molar refractivity (Wildman–Crippen MR) is 89.8 cm³/mol. The lowest BCUT2D eigenvalue weighted by Crippen LogP contribution is -2.55. The third-order valence-electron chi connectivity index (χ3n) is 4.65. The molecule has 1 aliphatic rings. The van der Waals surface area contributed by atoms with Crippen molar-refractivity contribution in [2.45, 2.75) is 52.2 Å². The monoisotopic (exact) mass is 290 g/mol. The molecule has 1 fully saturated rings. The summed E-state index contributed by atoms with van der Waals surface area (Å²) in [6, 6.07) is 5.89. The summed E-state index contributed by atoms with van der Waals surface area (Å²) in [5.74, 6) is 1.12. The van der Waals surface area contributed by atoms with Gasteiger partial charge in [-0.15, -0.1) is 0 Å². The summed E-state index contributed by atoms with van der Waals surface area (Å²) in [6.07, 6.45) is 3.11. The standard InChI is InChI=1S/C17H30N4/c1-6-8-18-15(4)16-7-9-19-17(10-16)21-11-13(2)20(5)14(3)12-21/h7,9-10,13-15,18H,6,8,11-12H2,1-5H3. The lowest BCUT2D eigenvalue weighted by molar-refractivity contribution is 0.169. The Balaban J connectivity index is 2.10. The van der Waals surface area contributed by atoms with E-state index in [-0.39, 0.29) is 0 Å². The van der Waals surface area contributed by atoms with Crippen molar-refractivity contribution in [3.63, 3.8) is 0 Å². The van der Waals surface area contributed by atoms with Crippen molar-refractivity contribution in [2.24, 2.45) is 0 Å². The van der Waals surface area contributed by atoms with Crippen LogP contribution in [0.4, 0.5) is 5.82 Å². The zero-order valence-electron chi connectivity index (χ0n) is 14.1. The second kappa shape index (κ2) is 7.23. The summed E-state index contributed by atoms with van der Waals surface area (Å²) in [7, 11) is 2.22. The normalized spacial score (nSPS) is 25.1. The number of nitrogens with zero attached hydrogens (tertiary/aromatic N) is 3. The van der Waals surface area contributed by atoms with E-state index in [1.54, 1.807) is 0 Å². The van der Waals surface area contributed by atoms with E-state index in [1.165, 1.54) is 5.56 Å². The molecule has 4 heteroatoms. The molecule has 4 nitrogen and oxygen atoms in total. The molecule has 118 valence electrons. The summed E-state index contributed by atoms with van der Waals surface area (Å²) in [4.78, 5) is 9.47. The molecule has 1 aromatic heterocycles. The second-order valence-electron chi connectivity index (χ2n) is 6.39. The zero-order chi connectivity index (χ0) is 15.4. The highest BCUT2D eigenvalue weighted by atomic mass is 15.3. The minimum absolute atomic E-state index is 0.383. The molecule has 0 bridgehead atoms.